The summed E-state index contributed by atoms with van der Waals surface area (Å²) in [7, 11) is 0. The van der Waals surface area contributed by atoms with E-state index in [9.17, 15) is 15.0 Å². The van der Waals surface area contributed by atoms with Crippen molar-refractivity contribution in [3.05, 3.63) is 58.1 Å². The molecule has 5 heteroatoms. The van der Waals surface area contributed by atoms with E-state index in [-0.39, 0.29) is 34.0 Å². The molecule has 0 bridgehead atoms. The number of nitrogens with zero attached hydrogens (tertiary/aromatic N) is 1. The lowest BCUT2D eigenvalue weighted by Gasteiger charge is -2.26. The third-order valence-electron chi connectivity index (χ3n) is 4.68. The van der Waals surface area contributed by atoms with Gasteiger partial charge in [-0.05, 0) is 36.5 Å². The second kappa shape index (κ2) is 7.36. The highest BCUT2D eigenvalue weighted by molar-refractivity contribution is 6.32. The number of rotatable bonds is 4. The van der Waals surface area contributed by atoms with E-state index < -0.39 is 0 Å². The number of hydrogen-bond donors (Lipinski definition) is 2. The molecule has 0 saturated carbocycles. The molecule has 2 aromatic carbocycles. The van der Waals surface area contributed by atoms with Crippen molar-refractivity contribution in [2.45, 2.75) is 38.6 Å². The minimum atomic E-state index is -0.261. The van der Waals surface area contributed by atoms with E-state index in [0.29, 0.717) is 6.54 Å². The smallest absolute Gasteiger partial charge is 0.258 e. The number of phenols is 2. The van der Waals surface area contributed by atoms with Gasteiger partial charge in [-0.2, -0.15) is 0 Å². The van der Waals surface area contributed by atoms with Crippen molar-refractivity contribution in [1.29, 1.82) is 0 Å². The molecule has 1 amide bonds. The minimum absolute atomic E-state index is 0.00344. The third kappa shape index (κ3) is 3.59. The number of halogens is 1. The van der Waals surface area contributed by atoms with Gasteiger partial charge in [0.05, 0.1) is 16.6 Å². The van der Waals surface area contributed by atoms with E-state index in [1.165, 1.54) is 11.6 Å². The molecule has 3 rings (SSSR count). The Kier molecular flexibility index (Phi) is 5.19. The van der Waals surface area contributed by atoms with Gasteiger partial charge in [0.25, 0.3) is 5.91 Å². The summed E-state index contributed by atoms with van der Waals surface area (Å²) in [6.07, 6.45) is 3.91. The predicted octanol–water partition coefficient (Wildman–Crippen LogP) is 4.68. The van der Waals surface area contributed by atoms with Crippen LogP contribution >= 0.6 is 11.6 Å². The number of carbonyl (C=O) groups is 1. The van der Waals surface area contributed by atoms with Crippen molar-refractivity contribution in [2.75, 3.05) is 6.54 Å². The van der Waals surface area contributed by atoms with Crippen molar-refractivity contribution >= 4 is 17.5 Å². The lowest BCUT2D eigenvalue weighted by atomic mass is 9.99. The Morgan fingerprint density at radius 3 is 2.80 bits per heavy atom. The largest absolute Gasteiger partial charge is 0.507 e. The zero-order valence-corrected chi connectivity index (χ0v) is 15.0. The molecule has 1 atom stereocenters. The van der Waals surface area contributed by atoms with Crippen LogP contribution in [-0.4, -0.2) is 27.6 Å². The number of carbonyl (C=O) groups excluding carboxylic acids is 1. The molecule has 0 aliphatic carbocycles. The zero-order chi connectivity index (χ0) is 18.0. The van der Waals surface area contributed by atoms with Crippen LogP contribution in [0.4, 0.5) is 0 Å². The molecule has 1 fully saturated rings. The van der Waals surface area contributed by atoms with Crippen molar-refractivity contribution < 1.29 is 15.0 Å². The van der Waals surface area contributed by atoms with Crippen LogP contribution in [0.15, 0.2) is 36.4 Å². The Balaban J connectivity index is 1.90. The topological polar surface area (TPSA) is 60.8 Å². The second-order valence-corrected chi connectivity index (χ2v) is 6.88. The fourth-order valence-electron chi connectivity index (χ4n) is 3.48. The maximum Gasteiger partial charge on any atom is 0.258 e. The summed E-state index contributed by atoms with van der Waals surface area (Å²) >= 11 is 5.91. The molecule has 132 valence electrons. The maximum absolute atomic E-state index is 13.0. The van der Waals surface area contributed by atoms with Gasteiger partial charge in [0.2, 0.25) is 0 Å². The summed E-state index contributed by atoms with van der Waals surface area (Å²) in [6, 6.07) is 10.8. The van der Waals surface area contributed by atoms with E-state index in [1.807, 2.05) is 6.07 Å². The number of likely N-dealkylation sites (tertiary alicyclic amines) is 1. The summed E-state index contributed by atoms with van der Waals surface area (Å²) < 4.78 is 0. The summed E-state index contributed by atoms with van der Waals surface area (Å²) in [4.78, 5) is 14.7. The van der Waals surface area contributed by atoms with Crippen molar-refractivity contribution in [1.82, 2.24) is 4.90 Å². The first-order valence-electron chi connectivity index (χ1n) is 8.62. The van der Waals surface area contributed by atoms with Gasteiger partial charge in [0.1, 0.15) is 11.5 Å². The van der Waals surface area contributed by atoms with Crippen molar-refractivity contribution in [3.63, 3.8) is 0 Å². The lowest BCUT2D eigenvalue weighted by molar-refractivity contribution is 0.0732. The molecule has 0 spiro atoms. The molecular weight excluding hydrogens is 338 g/mol. The highest BCUT2D eigenvalue weighted by Crippen LogP contribution is 2.37. The number of aromatic hydroxyl groups is 2. The van der Waals surface area contributed by atoms with Gasteiger partial charge in [-0.25, -0.2) is 0 Å². The number of benzene rings is 2. The SMILES string of the molecule is CCCc1cccc(C2CCCN2C(=O)c2cc(Cl)c(O)cc2O)c1. The van der Waals surface area contributed by atoms with E-state index in [0.717, 1.165) is 37.3 Å². The van der Waals surface area contributed by atoms with Gasteiger partial charge in [-0.3, -0.25) is 4.79 Å². The lowest BCUT2D eigenvalue weighted by Crippen LogP contribution is -2.30. The predicted molar refractivity (Wildman–Crippen MR) is 98.2 cm³/mol. The quantitative estimate of drug-likeness (QED) is 0.833. The fourth-order valence-corrected chi connectivity index (χ4v) is 3.64. The maximum atomic E-state index is 13.0. The number of phenolic OH excluding ortho intramolecular Hbond substituents is 2. The third-order valence-corrected chi connectivity index (χ3v) is 4.99. The van der Waals surface area contributed by atoms with Gasteiger partial charge in [-0.1, -0.05) is 49.2 Å². The average Bonchev–Trinajstić information content (AvgIpc) is 3.08. The summed E-state index contributed by atoms with van der Waals surface area (Å²) in [6.45, 7) is 2.79. The molecule has 1 heterocycles. The highest BCUT2D eigenvalue weighted by atomic mass is 35.5. The Morgan fingerprint density at radius 2 is 2.04 bits per heavy atom. The normalized spacial score (nSPS) is 17.0. The van der Waals surface area contributed by atoms with Crippen LogP contribution in [0.5, 0.6) is 11.5 Å². The first-order valence-corrected chi connectivity index (χ1v) is 9.00. The molecule has 1 saturated heterocycles. The van der Waals surface area contributed by atoms with Gasteiger partial charge in [-0.15, -0.1) is 0 Å². The van der Waals surface area contributed by atoms with E-state index in [1.54, 1.807) is 4.90 Å². The van der Waals surface area contributed by atoms with Crippen LogP contribution in [0, 0.1) is 0 Å². The standard InChI is InChI=1S/C20H22ClNO3/c1-2-5-13-6-3-7-14(10-13)17-8-4-9-22(17)20(25)15-11-16(21)19(24)12-18(15)23/h3,6-7,10-12,17,23-24H,2,4-5,8-9H2,1H3. The van der Waals surface area contributed by atoms with E-state index >= 15 is 0 Å². The van der Waals surface area contributed by atoms with E-state index in [4.69, 9.17) is 11.6 Å². The summed E-state index contributed by atoms with van der Waals surface area (Å²) in [5.41, 5.74) is 2.52. The molecule has 2 N–H and O–H groups in total. The Labute approximate surface area is 152 Å². The monoisotopic (exact) mass is 359 g/mol. The van der Waals surface area contributed by atoms with Gasteiger partial charge < -0.3 is 15.1 Å². The van der Waals surface area contributed by atoms with Crippen molar-refractivity contribution in [3.8, 4) is 11.5 Å². The zero-order valence-electron chi connectivity index (χ0n) is 14.2. The van der Waals surface area contributed by atoms with Crippen LogP contribution in [0.25, 0.3) is 0 Å². The Hall–Kier alpha value is -2.20. The molecule has 4 nitrogen and oxygen atoms in total. The van der Waals surface area contributed by atoms with Crippen LogP contribution in [0.2, 0.25) is 5.02 Å². The molecule has 1 aliphatic rings. The number of hydrogen-bond acceptors (Lipinski definition) is 3. The molecule has 1 unspecified atom stereocenters. The van der Waals surface area contributed by atoms with Gasteiger partial charge >= 0.3 is 0 Å². The van der Waals surface area contributed by atoms with Gasteiger partial charge in [0, 0.05) is 12.6 Å². The molecule has 2 aromatic rings. The second-order valence-electron chi connectivity index (χ2n) is 6.47. The molecular formula is C20H22ClNO3. The summed E-state index contributed by atoms with van der Waals surface area (Å²) in [5.74, 6) is -0.749. The van der Waals surface area contributed by atoms with Gasteiger partial charge in [0.15, 0.2) is 0 Å². The number of amides is 1. The molecule has 0 radical (unpaired) electrons. The highest BCUT2D eigenvalue weighted by Gasteiger charge is 2.32. The molecule has 0 aromatic heterocycles. The van der Waals surface area contributed by atoms with Crippen LogP contribution in [0.1, 0.15) is 53.7 Å². The first-order chi connectivity index (χ1) is 12.0. The van der Waals surface area contributed by atoms with Crippen LogP contribution in [-0.2, 0) is 6.42 Å². The average molecular weight is 360 g/mol. The first kappa shape index (κ1) is 17.6. The van der Waals surface area contributed by atoms with E-state index in [2.05, 4.69) is 25.1 Å². The van der Waals surface area contributed by atoms with Crippen molar-refractivity contribution in [2.24, 2.45) is 0 Å². The van der Waals surface area contributed by atoms with Crippen LogP contribution in [0.3, 0.4) is 0 Å². The molecule has 1 aliphatic heterocycles. The Morgan fingerprint density at radius 1 is 1.24 bits per heavy atom. The summed E-state index contributed by atoms with van der Waals surface area (Å²) in [5, 5.41) is 19.7. The fraction of sp³-hybridized carbons (Fsp3) is 0.350. The van der Waals surface area contributed by atoms with Crippen LogP contribution < -0.4 is 0 Å². The Bertz CT molecular complexity index is 791. The minimum Gasteiger partial charge on any atom is -0.507 e. The molecule has 25 heavy (non-hydrogen) atoms. The number of aryl methyl sites for hydroxylation is 1.